The average molecular weight is 238 g/mol. The van der Waals surface area contributed by atoms with Crippen LogP contribution >= 0.6 is 0 Å². The molecule has 0 aromatic heterocycles. The van der Waals surface area contributed by atoms with E-state index in [2.05, 4.69) is 19.2 Å². The number of hydrogen-bond acceptors (Lipinski definition) is 2. The van der Waals surface area contributed by atoms with E-state index in [1.807, 2.05) is 4.90 Å². The fourth-order valence-corrected chi connectivity index (χ4v) is 2.16. The van der Waals surface area contributed by atoms with E-state index in [-0.39, 0.29) is 5.54 Å². The third-order valence-corrected chi connectivity index (χ3v) is 3.43. The second kappa shape index (κ2) is 4.92. The van der Waals surface area contributed by atoms with Crippen molar-refractivity contribution in [2.75, 3.05) is 19.6 Å². The van der Waals surface area contributed by atoms with Crippen molar-refractivity contribution in [3.8, 4) is 0 Å². The number of halogens is 3. The van der Waals surface area contributed by atoms with Crippen molar-refractivity contribution < 1.29 is 13.2 Å². The summed E-state index contributed by atoms with van der Waals surface area (Å²) < 4.78 is 36.9. The van der Waals surface area contributed by atoms with Gasteiger partial charge in [0, 0.05) is 31.2 Å². The highest BCUT2D eigenvalue weighted by Crippen LogP contribution is 2.26. The first-order valence-electron chi connectivity index (χ1n) is 5.81. The summed E-state index contributed by atoms with van der Waals surface area (Å²) in [6, 6.07) is -0.423. The molecule has 1 rings (SSSR count). The van der Waals surface area contributed by atoms with Gasteiger partial charge in [-0.1, -0.05) is 6.92 Å². The lowest BCUT2D eigenvalue weighted by Crippen LogP contribution is -2.60. The quantitative estimate of drug-likeness (QED) is 0.812. The van der Waals surface area contributed by atoms with Gasteiger partial charge in [-0.15, -0.1) is 0 Å². The molecule has 2 unspecified atom stereocenters. The third kappa shape index (κ3) is 3.94. The van der Waals surface area contributed by atoms with Gasteiger partial charge in [0.05, 0.1) is 6.42 Å². The van der Waals surface area contributed by atoms with Crippen LogP contribution in [-0.4, -0.2) is 42.3 Å². The predicted molar refractivity (Wildman–Crippen MR) is 58.4 cm³/mol. The zero-order chi connectivity index (χ0) is 12.4. The van der Waals surface area contributed by atoms with Crippen molar-refractivity contribution in [1.29, 1.82) is 0 Å². The Hall–Kier alpha value is -0.290. The molecule has 1 aliphatic rings. The third-order valence-electron chi connectivity index (χ3n) is 3.43. The summed E-state index contributed by atoms with van der Waals surface area (Å²) in [4.78, 5) is 1.94. The molecule has 1 saturated heterocycles. The molecule has 1 N–H and O–H groups in total. The zero-order valence-corrected chi connectivity index (χ0v) is 10.2. The second-order valence-electron chi connectivity index (χ2n) is 4.98. The molecule has 0 saturated carbocycles. The molecular formula is C11H21F3N2. The van der Waals surface area contributed by atoms with Gasteiger partial charge in [0.2, 0.25) is 0 Å². The smallest absolute Gasteiger partial charge is 0.309 e. The first-order valence-corrected chi connectivity index (χ1v) is 5.81. The van der Waals surface area contributed by atoms with Crippen LogP contribution in [0.2, 0.25) is 0 Å². The van der Waals surface area contributed by atoms with E-state index in [1.54, 1.807) is 6.92 Å². The van der Waals surface area contributed by atoms with E-state index in [1.165, 1.54) is 0 Å². The van der Waals surface area contributed by atoms with Gasteiger partial charge in [-0.25, -0.2) is 0 Å². The fourth-order valence-electron chi connectivity index (χ4n) is 2.16. The Morgan fingerprint density at radius 2 is 2.06 bits per heavy atom. The Kier molecular flexibility index (Phi) is 4.23. The summed E-state index contributed by atoms with van der Waals surface area (Å²) >= 11 is 0. The molecule has 1 fully saturated rings. The largest absolute Gasteiger partial charge is 0.390 e. The van der Waals surface area contributed by atoms with Gasteiger partial charge in [0.1, 0.15) is 0 Å². The maximum atomic E-state index is 12.3. The Morgan fingerprint density at radius 3 is 2.56 bits per heavy atom. The van der Waals surface area contributed by atoms with Crippen LogP contribution in [0.15, 0.2) is 0 Å². The standard InChI is InChI=1S/C11H21F3N2/c1-4-10(3)8-16(6-5-15-10)9(2)7-11(12,13)14/h9,15H,4-8H2,1-3H3. The van der Waals surface area contributed by atoms with Gasteiger partial charge in [-0.05, 0) is 20.3 Å². The molecule has 16 heavy (non-hydrogen) atoms. The van der Waals surface area contributed by atoms with E-state index in [0.29, 0.717) is 13.1 Å². The minimum absolute atomic E-state index is 0.0435. The summed E-state index contributed by atoms with van der Waals surface area (Å²) in [5.41, 5.74) is -0.0435. The minimum atomic E-state index is -4.06. The summed E-state index contributed by atoms with van der Waals surface area (Å²) in [6.07, 6.45) is -3.85. The highest BCUT2D eigenvalue weighted by molar-refractivity contribution is 4.91. The van der Waals surface area contributed by atoms with Crippen molar-refractivity contribution in [2.45, 2.75) is 51.4 Å². The lowest BCUT2D eigenvalue weighted by Gasteiger charge is -2.43. The molecular weight excluding hydrogens is 217 g/mol. The van der Waals surface area contributed by atoms with E-state index >= 15 is 0 Å². The topological polar surface area (TPSA) is 15.3 Å². The van der Waals surface area contributed by atoms with E-state index in [0.717, 1.165) is 13.0 Å². The fraction of sp³-hybridized carbons (Fsp3) is 1.00. The second-order valence-corrected chi connectivity index (χ2v) is 4.98. The maximum Gasteiger partial charge on any atom is 0.390 e. The minimum Gasteiger partial charge on any atom is -0.309 e. The molecule has 0 aromatic rings. The molecule has 1 aliphatic heterocycles. The zero-order valence-electron chi connectivity index (χ0n) is 10.2. The maximum absolute atomic E-state index is 12.3. The SMILES string of the molecule is CCC1(C)CN(C(C)CC(F)(F)F)CCN1. The molecule has 1 heterocycles. The molecule has 96 valence electrons. The van der Waals surface area contributed by atoms with Gasteiger partial charge in [0.15, 0.2) is 0 Å². The molecule has 0 aromatic carbocycles. The van der Waals surface area contributed by atoms with Crippen molar-refractivity contribution in [1.82, 2.24) is 10.2 Å². The van der Waals surface area contributed by atoms with Crippen molar-refractivity contribution in [2.24, 2.45) is 0 Å². The Labute approximate surface area is 95.2 Å². The van der Waals surface area contributed by atoms with Gasteiger partial charge in [-0.2, -0.15) is 13.2 Å². The van der Waals surface area contributed by atoms with Crippen LogP contribution in [0.4, 0.5) is 13.2 Å². The lowest BCUT2D eigenvalue weighted by molar-refractivity contribution is -0.147. The number of piperazine rings is 1. The first-order chi connectivity index (χ1) is 7.26. The van der Waals surface area contributed by atoms with E-state index < -0.39 is 18.6 Å². The first kappa shape index (κ1) is 13.8. The van der Waals surface area contributed by atoms with Crippen LogP contribution in [-0.2, 0) is 0 Å². The van der Waals surface area contributed by atoms with Gasteiger partial charge in [0.25, 0.3) is 0 Å². The van der Waals surface area contributed by atoms with Gasteiger partial charge < -0.3 is 5.32 Å². The lowest BCUT2D eigenvalue weighted by atomic mass is 9.94. The number of hydrogen-bond donors (Lipinski definition) is 1. The average Bonchev–Trinajstić information content (AvgIpc) is 2.15. The molecule has 0 amide bonds. The molecule has 0 spiro atoms. The van der Waals surface area contributed by atoms with Crippen molar-refractivity contribution >= 4 is 0 Å². The normalized spacial score (nSPS) is 30.4. The van der Waals surface area contributed by atoms with Crippen molar-refractivity contribution in [3.05, 3.63) is 0 Å². The number of rotatable bonds is 3. The molecule has 2 nitrogen and oxygen atoms in total. The van der Waals surface area contributed by atoms with E-state index in [4.69, 9.17) is 0 Å². The van der Waals surface area contributed by atoms with Gasteiger partial charge >= 0.3 is 6.18 Å². The van der Waals surface area contributed by atoms with Crippen LogP contribution in [0.1, 0.15) is 33.6 Å². The molecule has 2 atom stereocenters. The van der Waals surface area contributed by atoms with Crippen LogP contribution in [0.5, 0.6) is 0 Å². The predicted octanol–water partition coefficient (Wildman–Crippen LogP) is 2.40. The molecule has 0 aliphatic carbocycles. The van der Waals surface area contributed by atoms with Crippen molar-refractivity contribution in [3.63, 3.8) is 0 Å². The van der Waals surface area contributed by atoms with Crippen LogP contribution < -0.4 is 5.32 Å². The van der Waals surface area contributed by atoms with Crippen LogP contribution in [0.25, 0.3) is 0 Å². The Morgan fingerprint density at radius 1 is 1.44 bits per heavy atom. The summed E-state index contributed by atoms with van der Waals surface area (Å²) in [5.74, 6) is 0. The van der Waals surface area contributed by atoms with Crippen LogP contribution in [0.3, 0.4) is 0 Å². The van der Waals surface area contributed by atoms with Crippen LogP contribution in [0, 0.1) is 0 Å². The van der Waals surface area contributed by atoms with E-state index in [9.17, 15) is 13.2 Å². The number of alkyl halides is 3. The highest BCUT2D eigenvalue weighted by Gasteiger charge is 2.36. The van der Waals surface area contributed by atoms with Gasteiger partial charge in [-0.3, -0.25) is 4.90 Å². The summed E-state index contributed by atoms with van der Waals surface area (Å²) in [5, 5.41) is 3.37. The number of nitrogens with one attached hydrogen (secondary N) is 1. The summed E-state index contributed by atoms with van der Waals surface area (Å²) in [7, 11) is 0. The summed E-state index contributed by atoms with van der Waals surface area (Å²) in [6.45, 7) is 7.96. The Balaban J connectivity index is 2.53. The molecule has 0 bridgehead atoms. The Bertz CT molecular complexity index is 230. The number of nitrogens with zero attached hydrogens (tertiary/aromatic N) is 1. The molecule has 5 heteroatoms. The monoisotopic (exact) mass is 238 g/mol. The molecule has 0 radical (unpaired) electrons. The highest BCUT2D eigenvalue weighted by atomic mass is 19.4.